The van der Waals surface area contributed by atoms with E-state index < -0.39 is 12.1 Å². The highest BCUT2D eigenvalue weighted by molar-refractivity contribution is 9.10. The molecule has 0 saturated carbocycles. The molecular weight excluding hydrogens is 398 g/mol. The van der Waals surface area contributed by atoms with Crippen molar-refractivity contribution >= 4 is 27.7 Å². The third kappa shape index (κ3) is 3.91. The fraction of sp³-hybridized carbons (Fsp3) is 0.150. The molecule has 0 aliphatic heterocycles. The van der Waals surface area contributed by atoms with Crippen molar-refractivity contribution in [3.8, 4) is 11.5 Å². The predicted molar refractivity (Wildman–Crippen MR) is 100 cm³/mol. The number of hydrogen-bond acceptors (Lipinski definition) is 5. The Balaban J connectivity index is 1.74. The second kappa shape index (κ2) is 7.66. The van der Waals surface area contributed by atoms with Crippen LogP contribution in [0.25, 0.3) is 11.5 Å². The number of rotatable bonds is 5. The molecule has 3 aromatic rings. The van der Waals surface area contributed by atoms with Gasteiger partial charge >= 0.3 is 5.97 Å². The van der Waals surface area contributed by atoms with Crippen LogP contribution in [0.3, 0.4) is 0 Å². The molecule has 1 heterocycles. The van der Waals surface area contributed by atoms with Gasteiger partial charge in [-0.2, -0.15) is 0 Å². The molecule has 0 aliphatic carbocycles. The fourth-order valence-electron chi connectivity index (χ4n) is 2.41. The van der Waals surface area contributed by atoms with Crippen LogP contribution in [0.2, 0.25) is 0 Å². The number of ketones is 1. The van der Waals surface area contributed by atoms with E-state index in [9.17, 15) is 9.59 Å². The summed E-state index contributed by atoms with van der Waals surface area (Å²) in [6.07, 6.45) is -0.931. The van der Waals surface area contributed by atoms with Gasteiger partial charge in [-0.1, -0.05) is 46.3 Å². The van der Waals surface area contributed by atoms with E-state index in [1.54, 1.807) is 31.2 Å². The maximum Gasteiger partial charge on any atom is 0.361 e. The Labute approximate surface area is 159 Å². The molecule has 132 valence electrons. The van der Waals surface area contributed by atoms with Crippen LogP contribution in [0.4, 0.5) is 0 Å². The summed E-state index contributed by atoms with van der Waals surface area (Å²) in [4.78, 5) is 29.0. The summed E-state index contributed by atoms with van der Waals surface area (Å²) in [6.45, 7) is 3.17. The van der Waals surface area contributed by atoms with Gasteiger partial charge in [0.05, 0.1) is 0 Å². The lowest BCUT2D eigenvalue weighted by molar-refractivity contribution is 0.0312. The Kier molecular flexibility index (Phi) is 5.32. The Morgan fingerprint density at radius 3 is 2.38 bits per heavy atom. The quantitative estimate of drug-likeness (QED) is 0.442. The van der Waals surface area contributed by atoms with E-state index in [0.717, 1.165) is 10.0 Å². The average Bonchev–Trinajstić information content (AvgIpc) is 3.04. The van der Waals surface area contributed by atoms with Crippen molar-refractivity contribution in [2.24, 2.45) is 0 Å². The zero-order valence-corrected chi connectivity index (χ0v) is 15.8. The largest absolute Gasteiger partial charge is 0.449 e. The summed E-state index contributed by atoms with van der Waals surface area (Å²) < 4.78 is 11.7. The van der Waals surface area contributed by atoms with E-state index in [-0.39, 0.29) is 11.5 Å². The number of ether oxygens (including phenoxy) is 1. The molecular formula is C20H16BrNO4. The second-order valence-corrected chi connectivity index (χ2v) is 6.62. The average molecular weight is 414 g/mol. The first-order valence-electron chi connectivity index (χ1n) is 7.99. The van der Waals surface area contributed by atoms with Crippen LogP contribution >= 0.6 is 15.9 Å². The number of aromatic nitrogens is 1. The third-order valence-corrected chi connectivity index (χ3v) is 4.32. The monoisotopic (exact) mass is 413 g/mol. The molecule has 0 saturated heterocycles. The summed E-state index contributed by atoms with van der Waals surface area (Å²) in [5.41, 5.74) is 1.29. The number of carbonyl (C=O) groups excluding carboxylic acids is 2. The van der Waals surface area contributed by atoms with Crippen LogP contribution in [0.1, 0.15) is 33.5 Å². The van der Waals surface area contributed by atoms with Gasteiger partial charge in [0.1, 0.15) is 5.76 Å². The second-order valence-electron chi connectivity index (χ2n) is 5.71. The number of halogens is 1. The van der Waals surface area contributed by atoms with Crippen molar-refractivity contribution in [1.82, 2.24) is 4.98 Å². The first-order valence-corrected chi connectivity index (χ1v) is 8.78. The lowest BCUT2D eigenvalue weighted by Gasteiger charge is -2.11. The molecule has 6 heteroatoms. The molecule has 1 atom stereocenters. The topological polar surface area (TPSA) is 69.4 Å². The third-order valence-electron chi connectivity index (χ3n) is 3.79. The minimum Gasteiger partial charge on any atom is -0.449 e. The Hall–Kier alpha value is -2.73. The van der Waals surface area contributed by atoms with Crippen molar-refractivity contribution in [2.45, 2.75) is 20.0 Å². The van der Waals surface area contributed by atoms with Crippen molar-refractivity contribution in [2.75, 3.05) is 0 Å². The van der Waals surface area contributed by atoms with Gasteiger partial charge in [0.2, 0.25) is 11.7 Å². The molecule has 26 heavy (non-hydrogen) atoms. The van der Waals surface area contributed by atoms with E-state index >= 15 is 0 Å². The van der Waals surface area contributed by atoms with Gasteiger partial charge in [0.25, 0.3) is 0 Å². The number of oxazole rings is 1. The van der Waals surface area contributed by atoms with E-state index in [0.29, 0.717) is 17.2 Å². The van der Waals surface area contributed by atoms with Crippen molar-refractivity contribution < 1.29 is 18.7 Å². The van der Waals surface area contributed by atoms with Gasteiger partial charge in [0, 0.05) is 15.6 Å². The van der Waals surface area contributed by atoms with Gasteiger partial charge in [0.15, 0.2) is 11.8 Å². The van der Waals surface area contributed by atoms with Crippen LogP contribution in [0.5, 0.6) is 0 Å². The van der Waals surface area contributed by atoms with E-state index in [2.05, 4.69) is 20.9 Å². The minimum atomic E-state index is -0.931. The van der Waals surface area contributed by atoms with Crippen LogP contribution in [-0.2, 0) is 4.74 Å². The highest BCUT2D eigenvalue weighted by Crippen LogP contribution is 2.22. The van der Waals surface area contributed by atoms with Crippen molar-refractivity contribution in [3.05, 3.63) is 76.1 Å². The molecule has 5 nitrogen and oxygen atoms in total. The summed E-state index contributed by atoms with van der Waals surface area (Å²) in [5.74, 6) is -0.291. The van der Waals surface area contributed by atoms with Gasteiger partial charge < -0.3 is 9.15 Å². The van der Waals surface area contributed by atoms with Crippen LogP contribution in [0, 0.1) is 6.92 Å². The Morgan fingerprint density at radius 1 is 1.08 bits per heavy atom. The van der Waals surface area contributed by atoms with Crippen molar-refractivity contribution in [1.29, 1.82) is 0 Å². The molecule has 2 aromatic carbocycles. The molecule has 1 aromatic heterocycles. The highest BCUT2D eigenvalue weighted by atomic mass is 79.9. The Morgan fingerprint density at radius 2 is 1.73 bits per heavy atom. The standard InChI is InChI=1S/C20H16BrNO4/c1-12-17(22-19(25-12)15-6-4-3-5-7-15)20(24)26-13(2)18(23)14-8-10-16(21)11-9-14/h3-11,13H,1-2H3/t13-/m1/s1. The summed E-state index contributed by atoms with van der Waals surface area (Å²) >= 11 is 3.32. The number of Topliss-reactive ketones (excluding diaryl/α,β-unsaturated/α-hetero) is 1. The smallest absolute Gasteiger partial charge is 0.361 e. The number of esters is 1. The van der Waals surface area contributed by atoms with E-state index in [4.69, 9.17) is 9.15 Å². The maximum atomic E-state index is 12.4. The molecule has 0 fully saturated rings. The van der Waals surface area contributed by atoms with Crippen LogP contribution in [-0.4, -0.2) is 22.8 Å². The summed E-state index contributed by atoms with van der Waals surface area (Å²) in [6, 6.07) is 16.1. The number of nitrogens with zero attached hydrogens (tertiary/aromatic N) is 1. The molecule has 0 amide bonds. The normalized spacial score (nSPS) is 11.8. The lowest BCUT2D eigenvalue weighted by Crippen LogP contribution is -2.24. The fourth-order valence-corrected chi connectivity index (χ4v) is 2.67. The lowest BCUT2D eigenvalue weighted by atomic mass is 10.1. The van der Waals surface area contributed by atoms with Gasteiger partial charge in [-0.05, 0) is 38.1 Å². The number of aryl methyl sites for hydroxylation is 1. The predicted octanol–water partition coefficient (Wildman–Crippen LogP) is 4.84. The Bertz CT molecular complexity index is 932. The molecule has 0 unspecified atom stereocenters. The first kappa shape index (κ1) is 18.1. The zero-order chi connectivity index (χ0) is 18.7. The van der Waals surface area contributed by atoms with Gasteiger partial charge in [-0.3, -0.25) is 4.79 Å². The van der Waals surface area contributed by atoms with Crippen LogP contribution < -0.4 is 0 Å². The highest BCUT2D eigenvalue weighted by Gasteiger charge is 2.25. The van der Waals surface area contributed by atoms with Gasteiger partial charge in [-0.25, -0.2) is 9.78 Å². The van der Waals surface area contributed by atoms with E-state index in [1.807, 2.05) is 30.3 Å². The minimum absolute atomic E-state index is 0.0688. The first-order chi connectivity index (χ1) is 12.5. The number of benzene rings is 2. The van der Waals surface area contributed by atoms with E-state index in [1.165, 1.54) is 6.92 Å². The number of carbonyl (C=O) groups is 2. The molecule has 0 aliphatic rings. The molecule has 0 N–H and O–H groups in total. The SMILES string of the molecule is Cc1oc(-c2ccccc2)nc1C(=O)O[C@H](C)C(=O)c1ccc(Br)cc1. The maximum absolute atomic E-state index is 12.4. The number of hydrogen-bond donors (Lipinski definition) is 0. The molecule has 0 radical (unpaired) electrons. The van der Waals surface area contributed by atoms with Crippen molar-refractivity contribution in [3.63, 3.8) is 0 Å². The van der Waals surface area contributed by atoms with Crippen LogP contribution in [0.15, 0.2) is 63.5 Å². The summed E-state index contributed by atoms with van der Waals surface area (Å²) in [7, 11) is 0. The summed E-state index contributed by atoms with van der Waals surface area (Å²) in [5, 5.41) is 0. The zero-order valence-electron chi connectivity index (χ0n) is 14.2. The molecule has 3 rings (SSSR count). The molecule has 0 spiro atoms. The van der Waals surface area contributed by atoms with Gasteiger partial charge in [-0.15, -0.1) is 0 Å². The molecule has 0 bridgehead atoms.